The van der Waals surface area contributed by atoms with E-state index in [1.165, 1.54) is 0 Å². The Morgan fingerprint density at radius 3 is 2.47 bits per heavy atom. The van der Waals surface area contributed by atoms with Crippen molar-refractivity contribution >= 4 is 11.9 Å². The predicted molar refractivity (Wildman–Crippen MR) is 70.4 cm³/mol. The molecule has 5 N–H and O–H groups in total. The van der Waals surface area contributed by atoms with Gasteiger partial charge in [-0.3, -0.25) is 9.59 Å². The van der Waals surface area contributed by atoms with E-state index < -0.39 is 29.9 Å². The van der Waals surface area contributed by atoms with Crippen LogP contribution in [-0.2, 0) is 9.59 Å². The van der Waals surface area contributed by atoms with Gasteiger partial charge in [-0.15, -0.1) is 0 Å². The Kier molecular flexibility index (Phi) is 5.75. The van der Waals surface area contributed by atoms with Gasteiger partial charge in [-0.2, -0.15) is 0 Å². The van der Waals surface area contributed by atoms with E-state index in [2.05, 4.69) is 12.2 Å². The van der Waals surface area contributed by atoms with Crippen LogP contribution in [-0.4, -0.2) is 40.3 Å². The zero-order valence-corrected chi connectivity index (χ0v) is 11.4. The molecule has 110 valence electrons. The minimum Gasteiger partial charge on any atom is -0.481 e. The molecule has 1 fully saturated rings. The average Bonchev–Trinajstić information content (AvgIpc) is 2.36. The monoisotopic (exact) mass is 272 g/mol. The Morgan fingerprint density at radius 2 is 2.00 bits per heavy atom. The van der Waals surface area contributed by atoms with Gasteiger partial charge in [0, 0.05) is 6.54 Å². The van der Waals surface area contributed by atoms with Gasteiger partial charge in [0.05, 0.1) is 18.1 Å². The van der Waals surface area contributed by atoms with E-state index in [-0.39, 0.29) is 6.54 Å². The fourth-order valence-corrected chi connectivity index (χ4v) is 2.46. The van der Waals surface area contributed by atoms with E-state index in [0.29, 0.717) is 18.8 Å². The smallest absolute Gasteiger partial charge is 0.305 e. The number of hydrogen-bond donors (Lipinski definition) is 4. The summed E-state index contributed by atoms with van der Waals surface area (Å²) in [6.07, 6.45) is 3.97. The van der Waals surface area contributed by atoms with Crippen molar-refractivity contribution in [2.75, 3.05) is 6.54 Å². The van der Waals surface area contributed by atoms with Crippen molar-refractivity contribution in [1.29, 1.82) is 0 Å². The third kappa shape index (κ3) is 5.16. The zero-order chi connectivity index (χ0) is 14.5. The second-order valence-corrected chi connectivity index (χ2v) is 5.50. The summed E-state index contributed by atoms with van der Waals surface area (Å²) in [5.41, 5.74) is 4.58. The van der Waals surface area contributed by atoms with E-state index in [0.717, 1.165) is 19.3 Å². The lowest BCUT2D eigenvalue weighted by molar-refractivity contribution is -0.139. The first-order chi connectivity index (χ1) is 8.86. The predicted octanol–water partition coefficient (Wildman–Crippen LogP) is 0.236. The largest absolute Gasteiger partial charge is 0.481 e. The van der Waals surface area contributed by atoms with Gasteiger partial charge in [-0.1, -0.05) is 13.3 Å². The van der Waals surface area contributed by atoms with Crippen LogP contribution in [0.5, 0.6) is 0 Å². The number of aliphatic carboxylic acids is 1. The Hall–Kier alpha value is -1.14. The molecule has 0 spiro atoms. The molecule has 0 aromatic carbocycles. The molecular formula is C13H24N2O4. The van der Waals surface area contributed by atoms with Gasteiger partial charge in [0.1, 0.15) is 0 Å². The molecule has 6 nitrogen and oxygen atoms in total. The number of nitrogens with one attached hydrogen (secondary N) is 1. The fraction of sp³-hybridized carbons (Fsp3) is 0.846. The molecule has 1 unspecified atom stereocenters. The van der Waals surface area contributed by atoms with Crippen LogP contribution in [0.1, 0.15) is 45.4 Å². The number of carbonyl (C=O) groups is 2. The summed E-state index contributed by atoms with van der Waals surface area (Å²) in [7, 11) is 0. The SMILES string of the molecule is CCC1CCC(O)(CNC(=O)C(N)CC(=O)O)CC1. The third-order valence-electron chi connectivity index (χ3n) is 3.94. The number of amides is 1. The van der Waals surface area contributed by atoms with Gasteiger partial charge in [0.15, 0.2) is 0 Å². The van der Waals surface area contributed by atoms with Crippen LogP contribution >= 0.6 is 0 Å². The van der Waals surface area contributed by atoms with Crippen molar-refractivity contribution in [2.24, 2.45) is 11.7 Å². The van der Waals surface area contributed by atoms with Crippen molar-refractivity contribution < 1.29 is 19.8 Å². The standard InChI is InChI=1S/C13H24N2O4/c1-2-9-3-5-13(19,6-4-9)8-15-12(18)10(14)7-11(16)17/h9-10,19H,2-8,14H2,1H3,(H,15,18)(H,16,17). The highest BCUT2D eigenvalue weighted by Gasteiger charge is 2.33. The summed E-state index contributed by atoms with van der Waals surface area (Å²) >= 11 is 0. The zero-order valence-electron chi connectivity index (χ0n) is 11.4. The normalized spacial score (nSPS) is 28.7. The third-order valence-corrected chi connectivity index (χ3v) is 3.94. The minimum atomic E-state index is -1.11. The first-order valence-electron chi connectivity index (χ1n) is 6.84. The second-order valence-electron chi connectivity index (χ2n) is 5.50. The first kappa shape index (κ1) is 15.9. The molecule has 1 saturated carbocycles. The van der Waals surface area contributed by atoms with Gasteiger partial charge >= 0.3 is 5.97 Å². The summed E-state index contributed by atoms with van der Waals surface area (Å²) in [5, 5.41) is 21.4. The van der Waals surface area contributed by atoms with E-state index >= 15 is 0 Å². The summed E-state index contributed by atoms with van der Waals surface area (Å²) in [6, 6.07) is -1.06. The topological polar surface area (TPSA) is 113 Å². The number of hydrogen-bond acceptors (Lipinski definition) is 4. The van der Waals surface area contributed by atoms with Crippen molar-refractivity contribution in [1.82, 2.24) is 5.32 Å². The van der Waals surface area contributed by atoms with Gasteiger partial charge in [0.25, 0.3) is 0 Å². The molecule has 1 aliphatic carbocycles. The molecule has 1 atom stereocenters. The number of carbonyl (C=O) groups excluding carboxylic acids is 1. The van der Waals surface area contributed by atoms with Crippen LogP contribution in [0.4, 0.5) is 0 Å². The molecule has 0 bridgehead atoms. The molecule has 0 saturated heterocycles. The minimum absolute atomic E-state index is 0.148. The quantitative estimate of drug-likeness (QED) is 0.553. The van der Waals surface area contributed by atoms with E-state index in [4.69, 9.17) is 10.8 Å². The lowest BCUT2D eigenvalue weighted by Gasteiger charge is -2.36. The van der Waals surface area contributed by atoms with Gasteiger partial charge in [-0.25, -0.2) is 0 Å². The lowest BCUT2D eigenvalue weighted by Crippen LogP contribution is -2.50. The van der Waals surface area contributed by atoms with Crippen LogP contribution in [0.2, 0.25) is 0 Å². The Morgan fingerprint density at radius 1 is 1.42 bits per heavy atom. The molecule has 0 aliphatic heterocycles. The number of rotatable bonds is 6. The summed E-state index contributed by atoms with van der Waals surface area (Å²) in [6.45, 7) is 2.29. The van der Waals surface area contributed by atoms with E-state index in [9.17, 15) is 14.7 Å². The maximum Gasteiger partial charge on any atom is 0.305 e. The van der Waals surface area contributed by atoms with Gasteiger partial charge < -0.3 is 21.3 Å². The number of carboxylic acids is 1. The van der Waals surface area contributed by atoms with Crippen molar-refractivity contribution in [3.8, 4) is 0 Å². The van der Waals surface area contributed by atoms with Crippen LogP contribution in [0.3, 0.4) is 0 Å². The Balaban J connectivity index is 2.35. The molecule has 19 heavy (non-hydrogen) atoms. The molecule has 6 heteroatoms. The van der Waals surface area contributed by atoms with Crippen LogP contribution in [0, 0.1) is 5.92 Å². The molecule has 0 heterocycles. The van der Waals surface area contributed by atoms with E-state index in [1.807, 2.05) is 0 Å². The molecule has 0 radical (unpaired) electrons. The van der Waals surface area contributed by atoms with Crippen molar-refractivity contribution in [2.45, 2.75) is 57.1 Å². The number of carboxylic acid groups (broad SMARTS) is 1. The molecule has 1 rings (SSSR count). The molecular weight excluding hydrogens is 248 g/mol. The van der Waals surface area contributed by atoms with E-state index in [1.54, 1.807) is 0 Å². The highest BCUT2D eigenvalue weighted by Crippen LogP contribution is 2.33. The molecule has 0 aromatic rings. The summed E-state index contributed by atoms with van der Waals surface area (Å²) in [4.78, 5) is 22.0. The molecule has 1 amide bonds. The first-order valence-corrected chi connectivity index (χ1v) is 6.84. The molecule has 0 aromatic heterocycles. The maximum atomic E-state index is 11.6. The van der Waals surface area contributed by atoms with Crippen molar-refractivity contribution in [3.05, 3.63) is 0 Å². The lowest BCUT2D eigenvalue weighted by atomic mass is 9.78. The highest BCUT2D eigenvalue weighted by atomic mass is 16.4. The molecule has 1 aliphatic rings. The number of aliphatic hydroxyl groups is 1. The van der Waals surface area contributed by atoms with Crippen LogP contribution in [0.25, 0.3) is 0 Å². The summed E-state index contributed by atoms with van der Waals surface area (Å²) < 4.78 is 0. The van der Waals surface area contributed by atoms with Crippen molar-refractivity contribution in [3.63, 3.8) is 0 Å². The average molecular weight is 272 g/mol. The van der Waals surface area contributed by atoms with Gasteiger partial charge in [0.2, 0.25) is 5.91 Å². The van der Waals surface area contributed by atoms with Crippen LogP contribution < -0.4 is 11.1 Å². The maximum absolute atomic E-state index is 11.6. The van der Waals surface area contributed by atoms with Gasteiger partial charge in [-0.05, 0) is 31.6 Å². The Bertz CT molecular complexity index is 325. The highest BCUT2D eigenvalue weighted by molar-refractivity contribution is 5.85. The summed E-state index contributed by atoms with van der Waals surface area (Å²) in [5.74, 6) is -0.969. The van der Waals surface area contributed by atoms with Crippen LogP contribution in [0.15, 0.2) is 0 Å². The second kappa shape index (κ2) is 6.86. The fourth-order valence-electron chi connectivity index (χ4n) is 2.46. The Labute approximate surface area is 113 Å². The number of nitrogens with two attached hydrogens (primary N) is 1.